The van der Waals surface area contributed by atoms with E-state index in [1.807, 2.05) is 32.0 Å². The number of carbonyl (C=O) groups excluding carboxylic acids is 1. The van der Waals surface area contributed by atoms with Crippen molar-refractivity contribution < 1.29 is 9.90 Å². The van der Waals surface area contributed by atoms with Crippen LogP contribution in [0.1, 0.15) is 21.6 Å². The van der Waals surface area contributed by atoms with Gasteiger partial charge in [-0.3, -0.25) is 9.36 Å². The van der Waals surface area contributed by atoms with Crippen molar-refractivity contribution in [3.05, 3.63) is 47.3 Å². The number of aromatic hydroxyl groups is 1. The quantitative estimate of drug-likeness (QED) is 0.531. The minimum Gasteiger partial charge on any atom is -0.506 e. The Balaban J connectivity index is 2.21. The van der Waals surface area contributed by atoms with E-state index in [2.05, 4.69) is 4.98 Å². The van der Waals surface area contributed by atoms with Gasteiger partial charge in [-0.2, -0.15) is 0 Å². The molecule has 1 aliphatic rings. The monoisotopic (exact) mass is 264 g/mol. The highest BCUT2D eigenvalue weighted by atomic mass is 16.3. The minimum atomic E-state index is -0.184. The molecule has 0 aliphatic carbocycles. The first-order valence-electron chi connectivity index (χ1n) is 6.44. The van der Waals surface area contributed by atoms with Crippen LogP contribution in [0, 0.1) is 13.8 Å². The van der Waals surface area contributed by atoms with E-state index in [0.717, 1.165) is 16.5 Å². The summed E-state index contributed by atoms with van der Waals surface area (Å²) in [6, 6.07) is 7.51. The van der Waals surface area contributed by atoms with Gasteiger partial charge in [0.2, 0.25) is 0 Å². The molecular weight excluding hydrogens is 252 g/mol. The lowest BCUT2D eigenvalue weighted by Crippen LogP contribution is -2.06. The summed E-state index contributed by atoms with van der Waals surface area (Å²) < 4.78 is 1.53. The molecule has 0 amide bonds. The van der Waals surface area contributed by atoms with Crippen molar-refractivity contribution in [1.82, 2.24) is 9.55 Å². The Bertz CT molecular complexity index is 906. The number of benzene rings is 1. The van der Waals surface area contributed by atoms with Gasteiger partial charge in [0.25, 0.3) is 5.91 Å². The largest absolute Gasteiger partial charge is 0.506 e. The van der Waals surface area contributed by atoms with Gasteiger partial charge in [0.1, 0.15) is 11.4 Å². The van der Waals surface area contributed by atoms with Crippen molar-refractivity contribution in [1.29, 1.82) is 0 Å². The standard InChI is InChI=1S/C16H12N2O2/c1-8-6-9(2)12-10(7-8)17-14-13(15(12)19)11-4-3-5-18(11)16(14)20/h3-7H,1-2H3,(H,17,19). The molecule has 1 aromatic carbocycles. The van der Waals surface area contributed by atoms with Crippen molar-refractivity contribution in [3.8, 4) is 17.0 Å². The van der Waals surface area contributed by atoms with Gasteiger partial charge in [-0.1, -0.05) is 6.07 Å². The maximum Gasteiger partial charge on any atom is 0.281 e. The van der Waals surface area contributed by atoms with Gasteiger partial charge in [0.05, 0.1) is 16.8 Å². The van der Waals surface area contributed by atoms with Gasteiger partial charge in [0, 0.05) is 11.6 Å². The lowest BCUT2D eigenvalue weighted by Gasteiger charge is -2.09. The summed E-state index contributed by atoms with van der Waals surface area (Å²) in [4.78, 5) is 16.8. The van der Waals surface area contributed by atoms with Gasteiger partial charge >= 0.3 is 0 Å². The Labute approximate surface area is 115 Å². The molecule has 0 saturated carbocycles. The summed E-state index contributed by atoms with van der Waals surface area (Å²) in [5, 5.41) is 11.3. The third kappa shape index (κ3) is 1.20. The number of fused-ring (bicyclic) bond motifs is 4. The van der Waals surface area contributed by atoms with Gasteiger partial charge in [-0.25, -0.2) is 4.98 Å². The molecule has 4 rings (SSSR count). The van der Waals surface area contributed by atoms with Crippen LogP contribution in [0.15, 0.2) is 30.5 Å². The Hall–Kier alpha value is -2.62. The van der Waals surface area contributed by atoms with Crippen LogP contribution in [-0.2, 0) is 0 Å². The van der Waals surface area contributed by atoms with Gasteiger partial charge < -0.3 is 5.11 Å². The number of nitrogens with zero attached hydrogens (tertiary/aromatic N) is 2. The molecule has 3 heterocycles. The molecule has 2 aromatic heterocycles. The van der Waals surface area contributed by atoms with E-state index < -0.39 is 0 Å². The maximum absolute atomic E-state index is 12.3. The summed E-state index contributed by atoms with van der Waals surface area (Å²) in [6.45, 7) is 3.92. The number of rotatable bonds is 0. The van der Waals surface area contributed by atoms with Crippen molar-refractivity contribution >= 4 is 16.8 Å². The molecule has 0 saturated heterocycles. The SMILES string of the molecule is Cc1cc(C)c2c(O)c3c(nc2c1)C(=O)n1cccc1-3. The first-order chi connectivity index (χ1) is 9.58. The third-order valence-electron chi connectivity index (χ3n) is 3.83. The molecule has 20 heavy (non-hydrogen) atoms. The molecule has 0 atom stereocenters. The molecule has 4 nitrogen and oxygen atoms in total. The second kappa shape index (κ2) is 3.48. The van der Waals surface area contributed by atoms with Crippen LogP contribution in [0.2, 0.25) is 0 Å². The van der Waals surface area contributed by atoms with Gasteiger partial charge in [-0.15, -0.1) is 0 Å². The molecule has 1 aliphatic heterocycles. The van der Waals surface area contributed by atoms with Crippen molar-refractivity contribution in [2.75, 3.05) is 0 Å². The van der Waals surface area contributed by atoms with Crippen LogP contribution >= 0.6 is 0 Å². The Morgan fingerprint density at radius 2 is 2.05 bits per heavy atom. The van der Waals surface area contributed by atoms with Gasteiger partial charge in [0.15, 0.2) is 0 Å². The molecule has 0 fully saturated rings. The number of carbonyl (C=O) groups is 1. The second-order valence-electron chi connectivity index (χ2n) is 5.23. The van der Waals surface area contributed by atoms with Crippen molar-refractivity contribution in [2.24, 2.45) is 0 Å². The summed E-state index contributed by atoms with van der Waals surface area (Å²) >= 11 is 0. The van der Waals surface area contributed by atoms with E-state index in [-0.39, 0.29) is 11.7 Å². The molecule has 0 bridgehead atoms. The topological polar surface area (TPSA) is 55.1 Å². The van der Waals surface area contributed by atoms with Crippen LogP contribution in [0.3, 0.4) is 0 Å². The Kier molecular flexibility index (Phi) is 1.95. The van der Waals surface area contributed by atoms with Crippen molar-refractivity contribution in [3.63, 3.8) is 0 Å². The van der Waals surface area contributed by atoms with E-state index in [1.165, 1.54) is 4.57 Å². The van der Waals surface area contributed by atoms with Crippen LogP contribution in [0.5, 0.6) is 5.75 Å². The average molecular weight is 264 g/mol. The molecule has 4 heteroatoms. The molecule has 98 valence electrons. The van der Waals surface area contributed by atoms with Crippen LogP contribution in [0.25, 0.3) is 22.2 Å². The zero-order valence-electron chi connectivity index (χ0n) is 11.1. The summed E-state index contributed by atoms with van der Waals surface area (Å²) in [5.41, 5.74) is 4.27. The highest BCUT2D eigenvalue weighted by molar-refractivity contribution is 6.12. The minimum absolute atomic E-state index is 0.147. The first-order valence-corrected chi connectivity index (χ1v) is 6.44. The van der Waals surface area contributed by atoms with E-state index in [9.17, 15) is 9.90 Å². The smallest absolute Gasteiger partial charge is 0.281 e. The lowest BCUT2D eigenvalue weighted by molar-refractivity contribution is 0.0965. The fraction of sp³-hybridized carbons (Fsp3) is 0.125. The van der Waals surface area contributed by atoms with Crippen LogP contribution in [-0.4, -0.2) is 20.6 Å². The van der Waals surface area contributed by atoms with Crippen LogP contribution in [0.4, 0.5) is 0 Å². The summed E-state index contributed by atoms with van der Waals surface area (Å²) in [6.07, 6.45) is 1.70. The highest BCUT2D eigenvalue weighted by Crippen LogP contribution is 2.42. The Morgan fingerprint density at radius 3 is 2.85 bits per heavy atom. The predicted molar refractivity (Wildman–Crippen MR) is 76.0 cm³/mol. The predicted octanol–water partition coefficient (Wildman–Crippen LogP) is 3.03. The average Bonchev–Trinajstić information content (AvgIpc) is 2.93. The molecular formula is C16H12N2O2. The van der Waals surface area contributed by atoms with E-state index >= 15 is 0 Å². The van der Waals surface area contributed by atoms with E-state index in [4.69, 9.17) is 0 Å². The van der Waals surface area contributed by atoms with Crippen LogP contribution < -0.4 is 0 Å². The number of hydrogen-bond acceptors (Lipinski definition) is 3. The normalized spacial score (nSPS) is 12.8. The maximum atomic E-state index is 12.3. The summed E-state index contributed by atoms with van der Waals surface area (Å²) in [5.74, 6) is -0.0374. The second-order valence-corrected chi connectivity index (χ2v) is 5.23. The number of pyridine rings is 1. The number of hydrogen-bond donors (Lipinski definition) is 1. The molecule has 0 unspecified atom stereocenters. The first kappa shape index (κ1) is 11.2. The Morgan fingerprint density at radius 1 is 1.25 bits per heavy atom. The third-order valence-corrected chi connectivity index (χ3v) is 3.83. The fourth-order valence-corrected chi connectivity index (χ4v) is 3.03. The molecule has 1 N–H and O–H groups in total. The van der Waals surface area contributed by atoms with E-state index in [0.29, 0.717) is 22.5 Å². The zero-order chi connectivity index (χ0) is 14.0. The number of aryl methyl sites for hydroxylation is 2. The van der Waals surface area contributed by atoms with Crippen molar-refractivity contribution in [2.45, 2.75) is 13.8 Å². The zero-order valence-corrected chi connectivity index (χ0v) is 11.1. The number of aromatic nitrogens is 2. The van der Waals surface area contributed by atoms with Gasteiger partial charge in [-0.05, 0) is 43.2 Å². The van der Waals surface area contributed by atoms with E-state index in [1.54, 1.807) is 12.3 Å². The highest BCUT2D eigenvalue weighted by Gasteiger charge is 2.31. The molecule has 0 spiro atoms. The lowest BCUT2D eigenvalue weighted by atomic mass is 10.0. The fourth-order valence-electron chi connectivity index (χ4n) is 3.03. The molecule has 3 aromatic rings. The molecule has 0 radical (unpaired) electrons. The summed E-state index contributed by atoms with van der Waals surface area (Å²) in [7, 11) is 0.